The summed E-state index contributed by atoms with van der Waals surface area (Å²) in [7, 11) is 2.23. The standard InChI is InChI=1S/C17H34N4O2/c1-3-23-17(22)16-21-9-5-8-19-11-10-18(2)6-4-7-20(13-12-19)14-15-21/h3-16H2,1-2H3. The number of carbonyl (C=O) groups excluding carboxylic acids is 1. The fourth-order valence-corrected chi connectivity index (χ4v) is 3.40. The normalized spacial score (nSPS) is 29.1. The van der Waals surface area contributed by atoms with Gasteiger partial charge in [0, 0.05) is 45.8 Å². The average Bonchev–Trinajstić information content (AvgIpc) is 2.53. The van der Waals surface area contributed by atoms with Gasteiger partial charge < -0.3 is 19.4 Å². The van der Waals surface area contributed by atoms with Crippen LogP contribution in [0.3, 0.4) is 0 Å². The van der Waals surface area contributed by atoms with Gasteiger partial charge in [0.1, 0.15) is 0 Å². The van der Waals surface area contributed by atoms with Gasteiger partial charge in [-0.15, -0.1) is 0 Å². The third-order valence-corrected chi connectivity index (χ3v) is 4.88. The van der Waals surface area contributed by atoms with Crippen LogP contribution in [0.1, 0.15) is 19.8 Å². The van der Waals surface area contributed by atoms with Crippen LogP contribution in [-0.4, -0.2) is 111 Å². The second-order valence-electron chi connectivity index (χ2n) is 6.77. The lowest BCUT2D eigenvalue weighted by atomic mass is 10.2. The number of ether oxygens (including phenoxy) is 1. The third-order valence-electron chi connectivity index (χ3n) is 4.88. The van der Waals surface area contributed by atoms with Gasteiger partial charge in [-0.25, -0.2) is 0 Å². The summed E-state index contributed by atoms with van der Waals surface area (Å²) in [5.74, 6) is -0.0873. The van der Waals surface area contributed by atoms with E-state index in [2.05, 4.69) is 26.6 Å². The molecule has 2 saturated heterocycles. The molecular weight excluding hydrogens is 292 g/mol. The Morgan fingerprint density at radius 1 is 0.826 bits per heavy atom. The van der Waals surface area contributed by atoms with E-state index >= 15 is 0 Å². The van der Waals surface area contributed by atoms with Crippen molar-refractivity contribution in [1.82, 2.24) is 19.6 Å². The smallest absolute Gasteiger partial charge is 0.320 e. The first kappa shape index (κ1) is 18.6. The Bertz CT molecular complexity index is 353. The minimum absolute atomic E-state index is 0.0873. The van der Waals surface area contributed by atoms with Gasteiger partial charge in [0.05, 0.1) is 13.2 Å². The zero-order chi connectivity index (χ0) is 16.5. The van der Waals surface area contributed by atoms with Gasteiger partial charge >= 0.3 is 5.97 Å². The van der Waals surface area contributed by atoms with Crippen LogP contribution in [0.2, 0.25) is 0 Å². The van der Waals surface area contributed by atoms with E-state index in [9.17, 15) is 4.79 Å². The molecule has 0 amide bonds. The Morgan fingerprint density at radius 3 is 2.13 bits per heavy atom. The van der Waals surface area contributed by atoms with Crippen molar-refractivity contribution in [2.24, 2.45) is 0 Å². The quantitative estimate of drug-likeness (QED) is 0.690. The van der Waals surface area contributed by atoms with Crippen LogP contribution in [0.5, 0.6) is 0 Å². The van der Waals surface area contributed by atoms with Crippen molar-refractivity contribution in [1.29, 1.82) is 0 Å². The van der Waals surface area contributed by atoms with Gasteiger partial charge in [0.25, 0.3) is 0 Å². The third kappa shape index (κ3) is 7.16. The van der Waals surface area contributed by atoms with E-state index in [1.165, 1.54) is 19.5 Å². The van der Waals surface area contributed by atoms with Crippen LogP contribution < -0.4 is 0 Å². The van der Waals surface area contributed by atoms with E-state index in [0.717, 1.165) is 58.8 Å². The lowest BCUT2D eigenvalue weighted by Crippen LogP contribution is -2.47. The lowest BCUT2D eigenvalue weighted by molar-refractivity contribution is -0.144. The molecule has 23 heavy (non-hydrogen) atoms. The molecule has 0 aromatic carbocycles. The highest BCUT2D eigenvalue weighted by molar-refractivity contribution is 5.71. The van der Waals surface area contributed by atoms with Crippen LogP contribution >= 0.6 is 0 Å². The van der Waals surface area contributed by atoms with Gasteiger partial charge in [-0.05, 0) is 46.4 Å². The van der Waals surface area contributed by atoms with E-state index in [4.69, 9.17) is 4.74 Å². The van der Waals surface area contributed by atoms with Crippen LogP contribution in [0.4, 0.5) is 0 Å². The molecule has 2 bridgehead atoms. The summed E-state index contributed by atoms with van der Waals surface area (Å²) in [6.45, 7) is 13.9. The lowest BCUT2D eigenvalue weighted by Gasteiger charge is -2.34. The maximum Gasteiger partial charge on any atom is 0.320 e. The van der Waals surface area contributed by atoms with Gasteiger partial charge in [0.15, 0.2) is 0 Å². The monoisotopic (exact) mass is 326 g/mol. The fraction of sp³-hybridized carbons (Fsp3) is 0.941. The summed E-state index contributed by atoms with van der Waals surface area (Å²) in [6, 6.07) is 0. The van der Waals surface area contributed by atoms with Crippen LogP contribution in [0, 0.1) is 0 Å². The molecule has 2 aliphatic heterocycles. The van der Waals surface area contributed by atoms with E-state index in [-0.39, 0.29) is 5.97 Å². The van der Waals surface area contributed by atoms with Crippen LogP contribution in [0.15, 0.2) is 0 Å². The predicted molar refractivity (Wildman–Crippen MR) is 92.7 cm³/mol. The topological polar surface area (TPSA) is 39.3 Å². The molecule has 6 nitrogen and oxygen atoms in total. The molecule has 0 radical (unpaired) electrons. The fourth-order valence-electron chi connectivity index (χ4n) is 3.40. The molecule has 0 N–H and O–H groups in total. The number of hydrogen-bond acceptors (Lipinski definition) is 6. The van der Waals surface area contributed by atoms with Gasteiger partial charge in [-0.2, -0.15) is 0 Å². The van der Waals surface area contributed by atoms with Crippen LogP contribution in [0.25, 0.3) is 0 Å². The first-order valence-electron chi connectivity index (χ1n) is 9.18. The highest BCUT2D eigenvalue weighted by Gasteiger charge is 2.18. The van der Waals surface area contributed by atoms with Crippen molar-refractivity contribution in [2.75, 3.05) is 85.6 Å². The minimum Gasteiger partial charge on any atom is -0.465 e. The van der Waals surface area contributed by atoms with Crippen molar-refractivity contribution in [3.05, 3.63) is 0 Å². The molecule has 0 saturated carbocycles. The van der Waals surface area contributed by atoms with Crippen molar-refractivity contribution >= 4 is 5.97 Å². The molecule has 0 aliphatic carbocycles. The Morgan fingerprint density at radius 2 is 1.43 bits per heavy atom. The Labute approximate surface area is 141 Å². The molecule has 134 valence electrons. The van der Waals surface area contributed by atoms with E-state index in [0.29, 0.717) is 13.2 Å². The molecule has 2 atom stereocenters. The highest BCUT2D eigenvalue weighted by atomic mass is 16.5. The summed E-state index contributed by atoms with van der Waals surface area (Å²) in [6.07, 6.45) is 2.36. The number of carbonyl (C=O) groups is 1. The molecule has 6 heteroatoms. The van der Waals surface area contributed by atoms with Crippen molar-refractivity contribution in [3.8, 4) is 0 Å². The number of nitrogens with zero attached hydrogens (tertiary/aromatic N) is 4. The number of fused-ring (bicyclic) bond motifs is 3. The molecule has 2 unspecified atom stereocenters. The maximum absolute atomic E-state index is 11.8. The second kappa shape index (κ2) is 10.2. The molecule has 2 aliphatic rings. The number of hydrogen-bond donors (Lipinski definition) is 0. The molecule has 2 fully saturated rings. The number of rotatable bonds is 3. The van der Waals surface area contributed by atoms with Gasteiger partial charge in [0.2, 0.25) is 0 Å². The molecular formula is C17H34N4O2. The van der Waals surface area contributed by atoms with Gasteiger partial charge in [-0.1, -0.05) is 0 Å². The molecule has 2 heterocycles. The number of likely N-dealkylation sites (N-methyl/N-ethyl adjacent to an activating group) is 1. The van der Waals surface area contributed by atoms with E-state index in [1.807, 2.05) is 6.92 Å². The highest BCUT2D eigenvalue weighted by Crippen LogP contribution is 2.05. The summed E-state index contributed by atoms with van der Waals surface area (Å²) < 4.78 is 5.12. The molecule has 2 rings (SSSR count). The van der Waals surface area contributed by atoms with Crippen molar-refractivity contribution < 1.29 is 9.53 Å². The average molecular weight is 326 g/mol. The zero-order valence-corrected chi connectivity index (χ0v) is 15.0. The van der Waals surface area contributed by atoms with E-state index in [1.54, 1.807) is 0 Å². The Balaban J connectivity index is 1.92. The molecule has 0 spiro atoms. The largest absolute Gasteiger partial charge is 0.465 e. The van der Waals surface area contributed by atoms with Crippen molar-refractivity contribution in [2.45, 2.75) is 19.8 Å². The number of esters is 1. The maximum atomic E-state index is 11.8. The Hall–Kier alpha value is -0.690. The van der Waals surface area contributed by atoms with E-state index < -0.39 is 0 Å². The minimum atomic E-state index is -0.0873. The summed E-state index contributed by atoms with van der Waals surface area (Å²) in [5, 5.41) is 0. The summed E-state index contributed by atoms with van der Waals surface area (Å²) >= 11 is 0. The summed E-state index contributed by atoms with van der Waals surface area (Å²) in [4.78, 5) is 21.7. The predicted octanol–water partition coefficient (Wildman–Crippen LogP) is 0.195. The molecule has 0 aromatic heterocycles. The Kier molecular flexibility index (Phi) is 8.30. The summed E-state index contributed by atoms with van der Waals surface area (Å²) in [5.41, 5.74) is 0. The zero-order valence-electron chi connectivity index (χ0n) is 15.0. The van der Waals surface area contributed by atoms with Crippen LogP contribution in [-0.2, 0) is 9.53 Å². The van der Waals surface area contributed by atoms with Gasteiger partial charge in [-0.3, -0.25) is 9.69 Å². The van der Waals surface area contributed by atoms with Crippen molar-refractivity contribution in [3.63, 3.8) is 0 Å². The first-order valence-corrected chi connectivity index (χ1v) is 9.18. The first-order chi connectivity index (χ1) is 11.2. The molecule has 0 aromatic rings. The second-order valence-corrected chi connectivity index (χ2v) is 6.77. The SMILES string of the molecule is CCOC(=O)CN1CCCN2CCN(C)CCCN(CC2)CC1.